The van der Waals surface area contributed by atoms with E-state index < -0.39 is 21.7 Å². The Balaban J connectivity index is 0.000000510. The molecule has 0 amide bonds. The molecular formula is C29H43NO8S. The molecule has 218 valence electrons. The monoisotopic (exact) mass is 565 g/mol. The molecule has 2 spiro atoms. The van der Waals surface area contributed by atoms with E-state index in [-0.39, 0.29) is 0 Å². The van der Waals surface area contributed by atoms with Gasteiger partial charge in [0.1, 0.15) is 12.4 Å². The van der Waals surface area contributed by atoms with Gasteiger partial charge in [-0.15, -0.1) is 0 Å². The fraction of sp³-hybridized carbons (Fsp3) is 0.793. The van der Waals surface area contributed by atoms with Gasteiger partial charge >= 0.3 is 0 Å². The molecular weight excluding hydrogens is 522 g/mol. The lowest BCUT2D eigenvalue weighted by atomic mass is 9.53. The van der Waals surface area contributed by atoms with Gasteiger partial charge in [-0.2, -0.15) is 18.2 Å². The Bertz CT molecular complexity index is 1060. The van der Waals surface area contributed by atoms with Gasteiger partial charge in [-0.25, -0.2) is 0 Å². The van der Waals surface area contributed by atoms with Crippen LogP contribution in [0.1, 0.15) is 69.3 Å². The highest BCUT2D eigenvalue weighted by Crippen LogP contribution is 2.64. The first-order chi connectivity index (χ1) is 18.7. The fourth-order valence-corrected chi connectivity index (χ4v) is 8.16. The van der Waals surface area contributed by atoms with Crippen LogP contribution >= 0.6 is 0 Å². The lowest BCUT2D eigenvalue weighted by Crippen LogP contribution is -2.59. The number of morpholine rings is 1. The molecule has 0 aromatic heterocycles. The molecule has 9 nitrogen and oxygen atoms in total. The van der Waals surface area contributed by atoms with E-state index in [9.17, 15) is 8.42 Å². The molecule has 7 aliphatic rings. The summed E-state index contributed by atoms with van der Waals surface area (Å²) in [6.45, 7) is 5.36. The van der Waals surface area contributed by atoms with Crippen molar-refractivity contribution in [3.05, 3.63) is 29.8 Å². The van der Waals surface area contributed by atoms with Crippen LogP contribution in [0.5, 0.6) is 5.75 Å². The molecule has 1 aromatic carbocycles. The van der Waals surface area contributed by atoms with Crippen LogP contribution in [0.25, 0.3) is 0 Å². The minimum atomic E-state index is -3.67. The van der Waals surface area contributed by atoms with E-state index in [4.69, 9.17) is 28.5 Å². The van der Waals surface area contributed by atoms with Crippen molar-refractivity contribution in [1.82, 2.24) is 4.90 Å². The second-order valence-corrected chi connectivity index (χ2v) is 14.1. The molecule has 39 heavy (non-hydrogen) atoms. The van der Waals surface area contributed by atoms with Crippen molar-refractivity contribution in [2.75, 3.05) is 45.7 Å². The van der Waals surface area contributed by atoms with Gasteiger partial charge in [0.2, 0.25) is 11.6 Å². The summed E-state index contributed by atoms with van der Waals surface area (Å²) in [5, 5.41) is 0. The molecule has 7 fully saturated rings. The SMILES string of the molecule is CS(=O)(=O)O.c1cc(OCCN2CCOCC2)cc(C2CCC3(CC2)OOC2(O3)C3CC4CC(C3)CC2C4)c1. The zero-order chi connectivity index (χ0) is 27.1. The van der Waals surface area contributed by atoms with Crippen molar-refractivity contribution >= 4 is 10.1 Å². The normalized spacial score (nSPS) is 39.6. The van der Waals surface area contributed by atoms with Gasteiger partial charge in [-0.3, -0.25) is 9.45 Å². The summed E-state index contributed by atoms with van der Waals surface area (Å²) in [7, 11) is -3.67. The van der Waals surface area contributed by atoms with E-state index in [1.165, 1.54) is 37.7 Å². The Labute approximate surface area is 232 Å². The molecule has 0 radical (unpaired) electrons. The zero-order valence-corrected chi connectivity index (χ0v) is 23.8. The van der Waals surface area contributed by atoms with Crippen molar-refractivity contribution in [3.63, 3.8) is 0 Å². The van der Waals surface area contributed by atoms with Crippen LogP contribution in [0, 0.1) is 23.7 Å². The minimum Gasteiger partial charge on any atom is -0.492 e. The summed E-state index contributed by atoms with van der Waals surface area (Å²) in [6, 6.07) is 8.72. The second kappa shape index (κ2) is 11.2. The van der Waals surface area contributed by atoms with Gasteiger partial charge < -0.3 is 14.2 Å². The molecule has 1 aromatic rings. The van der Waals surface area contributed by atoms with E-state index >= 15 is 0 Å². The quantitative estimate of drug-likeness (QED) is 0.411. The number of hydrogen-bond acceptors (Lipinski definition) is 8. The van der Waals surface area contributed by atoms with Gasteiger partial charge in [-0.05, 0) is 80.4 Å². The first kappa shape index (κ1) is 27.9. The molecule has 5 saturated carbocycles. The average Bonchev–Trinajstić information content (AvgIpc) is 3.27. The molecule has 4 bridgehead atoms. The summed E-state index contributed by atoms with van der Waals surface area (Å²) in [5.41, 5.74) is 1.38. The highest BCUT2D eigenvalue weighted by Gasteiger charge is 2.66. The van der Waals surface area contributed by atoms with Gasteiger partial charge in [0.15, 0.2) is 0 Å². The van der Waals surface area contributed by atoms with Crippen molar-refractivity contribution in [2.45, 2.75) is 75.3 Å². The van der Waals surface area contributed by atoms with Crippen LogP contribution in [-0.2, 0) is 29.4 Å². The Morgan fingerprint density at radius 2 is 1.64 bits per heavy atom. The van der Waals surface area contributed by atoms with E-state index in [1.807, 2.05) is 0 Å². The maximum absolute atomic E-state index is 9.19. The average molecular weight is 566 g/mol. The summed E-state index contributed by atoms with van der Waals surface area (Å²) in [6.07, 6.45) is 11.2. The van der Waals surface area contributed by atoms with Gasteiger partial charge in [0, 0.05) is 44.3 Å². The van der Waals surface area contributed by atoms with Gasteiger partial charge in [0.25, 0.3) is 10.1 Å². The van der Waals surface area contributed by atoms with Crippen LogP contribution < -0.4 is 4.74 Å². The molecule has 0 unspecified atom stereocenters. The van der Waals surface area contributed by atoms with Crippen molar-refractivity contribution in [3.8, 4) is 5.75 Å². The van der Waals surface area contributed by atoms with E-state index in [0.29, 0.717) is 24.0 Å². The highest BCUT2D eigenvalue weighted by molar-refractivity contribution is 7.85. The van der Waals surface area contributed by atoms with Crippen molar-refractivity contribution < 1.29 is 37.0 Å². The third-order valence-electron chi connectivity index (χ3n) is 9.80. The molecule has 10 heteroatoms. The second-order valence-electron chi connectivity index (χ2n) is 12.6. The number of hydrogen-bond donors (Lipinski definition) is 1. The first-order valence-electron chi connectivity index (χ1n) is 14.7. The standard InChI is InChI=1S/C28H39NO5.CH4O3S/c1-2-23(19-26(3-1)31-13-10-29-8-11-30-12-9-29)22-4-6-27(7-5-22)32-28(34-33-27)24-15-20-14-21(17-24)18-25(28)16-20;1-5(2,3)4/h1-3,19-22,24-25H,4-18H2;1H3,(H,2,3,4). The number of rotatable bonds is 5. The zero-order valence-electron chi connectivity index (χ0n) is 23.0. The lowest BCUT2D eigenvalue weighted by Gasteiger charge is -2.57. The Kier molecular flexibility index (Phi) is 8.00. The predicted octanol–water partition coefficient (Wildman–Crippen LogP) is 4.39. The topological polar surface area (TPSA) is 104 Å². The van der Waals surface area contributed by atoms with Crippen LogP contribution in [0.2, 0.25) is 0 Å². The third-order valence-corrected chi connectivity index (χ3v) is 9.80. The number of benzene rings is 1. The third kappa shape index (κ3) is 6.32. The maximum Gasteiger partial charge on any atom is 0.261 e. The molecule has 0 atom stereocenters. The van der Waals surface area contributed by atoms with E-state index in [0.717, 1.165) is 82.7 Å². The Morgan fingerprint density at radius 1 is 1.00 bits per heavy atom. The van der Waals surface area contributed by atoms with Crippen molar-refractivity contribution in [1.29, 1.82) is 0 Å². The molecule has 5 aliphatic carbocycles. The maximum atomic E-state index is 9.19. The summed E-state index contributed by atoms with van der Waals surface area (Å²) in [5.74, 6) is 3.39. The fourth-order valence-electron chi connectivity index (χ4n) is 8.16. The van der Waals surface area contributed by atoms with E-state index in [1.54, 1.807) is 0 Å². The lowest BCUT2D eigenvalue weighted by molar-refractivity contribution is -0.390. The smallest absolute Gasteiger partial charge is 0.261 e. The van der Waals surface area contributed by atoms with Crippen LogP contribution in [0.15, 0.2) is 24.3 Å². The molecule has 8 rings (SSSR count). The highest BCUT2D eigenvalue weighted by atomic mass is 32.2. The summed E-state index contributed by atoms with van der Waals surface area (Å²) in [4.78, 5) is 14.7. The van der Waals surface area contributed by atoms with Crippen molar-refractivity contribution in [2.24, 2.45) is 23.7 Å². The first-order valence-corrected chi connectivity index (χ1v) is 16.6. The van der Waals surface area contributed by atoms with Gasteiger partial charge in [0.05, 0.1) is 19.5 Å². The molecule has 2 heterocycles. The number of ether oxygens (including phenoxy) is 3. The minimum absolute atomic E-state index is 0.450. The number of nitrogens with zero attached hydrogens (tertiary/aromatic N) is 1. The predicted molar refractivity (Wildman–Crippen MR) is 144 cm³/mol. The summed E-state index contributed by atoms with van der Waals surface area (Å²) < 4.78 is 44.3. The Morgan fingerprint density at radius 3 is 2.28 bits per heavy atom. The molecule has 2 aliphatic heterocycles. The van der Waals surface area contributed by atoms with Crippen LogP contribution in [-0.4, -0.2) is 75.2 Å². The van der Waals surface area contributed by atoms with Crippen LogP contribution in [0.3, 0.4) is 0 Å². The molecule has 1 N–H and O–H groups in total. The summed E-state index contributed by atoms with van der Waals surface area (Å²) >= 11 is 0. The Hall–Kier alpha value is -1.27. The van der Waals surface area contributed by atoms with Crippen LogP contribution in [0.4, 0.5) is 0 Å². The largest absolute Gasteiger partial charge is 0.492 e. The van der Waals surface area contributed by atoms with E-state index in [2.05, 4.69) is 29.2 Å². The van der Waals surface area contributed by atoms with Gasteiger partial charge in [-0.1, -0.05) is 12.1 Å². The molecule has 2 saturated heterocycles.